The normalized spacial score (nSPS) is 11.0. The van der Waals surface area contributed by atoms with Gasteiger partial charge in [0.15, 0.2) is 5.78 Å². The Morgan fingerprint density at radius 3 is 1.96 bits per heavy atom. The fraction of sp³-hybridized carbons (Fsp3) is 0.222. The minimum atomic E-state index is -3.66. The summed E-state index contributed by atoms with van der Waals surface area (Å²) in [5, 5.41) is 0. The first-order valence-corrected chi connectivity index (χ1v) is 9.45. The summed E-state index contributed by atoms with van der Waals surface area (Å²) in [6.07, 6.45) is 1.04. The molecule has 0 saturated carbocycles. The van der Waals surface area contributed by atoms with E-state index >= 15 is 0 Å². The number of hydrogen-bond acceptors (Lipinski definition) is 4. The van der Waals surface area contributed by atoms with Gasteiger partial charge < -0.3 is 4.90 Å². The maximum absolute atomic E-state index is 12.5. The summed E-state index contributed by atoms with van der Waals surface area (Å²) >= 11 is 0. The number of anilines is 2. The summed E-state index contributed by atoms with van der Waals surface area (Å²) in [5.74, 6) is -0.482. The molecule has 0 aliphatic carbocycles. The van der Waals surface area contributed by atoms with Crippen molar-refractivity contribution in [2.24, 2.45) is 0 Å². The van der Waals surface area contributed by atoms with E-state index in [4.69, 9.17) is 0 Å². The van der Waals surface area contributed by atoms with E-state index in [0.717, 1.165) is 10.6 Å². The molecule has 0 saturated heterocycles. The van der Waals surface area contributed by atoms with Crippen molar-refractivity contribution in [2.75, 3.05) is 29.1 Å². The fourth-order valence-corrected chi connectivity index (χ4v) is 3.14. The van der Waals surface area contributed by atoms with Crippen molar-refractivity contribution in [1.29, 1.82) is 0 Å². The highest BCUT2D eigenvalue weighted by Gasteiger charge is 2.23. The Morgan fingerprint density at radius 1 is 0.920 bits per heavy atom. The van der Waals surface area contributed by atoms with Gasteiger partial charge in [-0.25, -0.2) is 8.42 Å². The van der Waals surface area contributed by atoms with Crippen LogP contribution in [0.3, 0.4) is 0 Å². The van der Waals surface area contributed by atoms with Crippen LogP contribution in [0.1, 0.15) is 17.3 Å². The summed E-state index contributed by atoms with van der Waals surface area (Å²) in [6, 6.07) is 15.1. The Hall–Kier alpha value is -2.67. The molecule has 25 heavy (non-hydrogen) atoms. The number of Topliss-reactive ketones (excluding diaryl/α,β-unsaturated/α-hetero) is 1. The lowest BCUT2D eigenvalue weighted by atomic mass is 10.1. The highest BCUT2D eigenvalue weighted by molar-refractivity contribution is 7.92. The number of rotatable bonds is 6. The average Bonchev–Trinajstić information content (AvgIpc) is 2.58. The average molecular weight is 360 g/mol. The molecule has 2 aromatic carbocycles. The minimum Gasteiger partial charge on any atom is -0.314 e. The molecule has 2 aromatic rings. The standard InChI is InChI=1S/C18H20N2O4S/c1-14(21)15-9-11-17(12-10-15)20(25(3,23)24)13-18(22)19(2)16-7-5-4-6-8-16/h4-12H,13H2,1-3H3. The quantitative estimate of drug-likeness (QED) is 0.741. The molecule has 2 rings (SSSR count). The summed E-state index contributed by atoms with van der Waals surface area (Å²) in [7, 11) is -2.07. The molecule has 1 amide bonds. The van der Waals surface area contributed by atoms with Crippen LogP contribution in [0.5, 0.6) is 0 Å². The van der Waals surface area contributed by atoms with Crippen molar-refractivity contribution >= 4 is 33.1 Å². The van der Waals surface area contributed by atoms with Crippen LogP contribution in [0.25, 0.3) is 0 Å². The predicted octanol–water partition coefficient (Wildman–Crippen LogP) is 2.32. The molecular weight excluding hydrogens is 340 g/mol. The zero-order valence-corrected chi connectivity index (χ0v) is 15.2. The van der Waals surface area contributed by atoms with Gasteiger partial charge in [0, 0.05) is 18.3 Å². The van der Waals surface area contributed by atoms with E-state index in [0.29, 0.717) is 16.9 Å². The van der Waals surface area contributed by atoms with E-state index in [2.05, 4.69) is 0 Å². The molecule has 0 unspecified atom stereocenters. The Bertz CT molecular complexity index is 862. The number of sulfonamides is 1. The molecule has 0 radical (unpaired) electrons. The summed E-state index contributed by atoms with van der Waals surface area (Å²) in [4.78, 5) is 25.3. The molecule has 0 atom stereocenters. The SMILES string of the molecule is CC(=O)c1ccc(N(CC(=O)N(C)c2ccccc2)S(C)(=O)=O)cc1. The molecule has 7 heteroatoms. The Morgan fingerprint density at radius 2 is 1.48 bits per heavy atom. The lowest BCUT2D eigenvalue weighted by Gasteiger charge is -2.25. The number of likely N-dealkylation sites (N-methyl/N-ethyl adjacent to an activating group) is 1. The lowest BCUT2D eigenvalue weighted by molar-refractivity contribution is -0.116. The zero-order valence-electron chi connectivity index (χ0n) is 14.3. The van der Waals surface area contributed by atoms with Crippen LogP contribution in [0, 0.1) is 0 Å². The molecule has 132 valence electrons. The van der Waals surface area contributed by atoms with E-state index in [1.807, 2.05) is 6.07 Å². The third kappa shape index (κ3) is 4.67. The summed E-state index contributed by atoms with van der Waals surface area (Å²) in [6.45, 7) is 1.10. The number of carbonyl (C=O) groups is 2. The van der Waals surface area contributed by atoms with Crippen LogP contribution < -0.4 is 9.21 Å². The molecule has 0 aromatic heterocycles. The molecule has 0 N–H and O–H groups in total. The highest BCUT2D eigenvalue weighted by atomic mass is 32.2. The molecule has 0 aliphatic heterocycles. The van der Waals surface area contributed by atoms with Gasteiger partial charge >= 0.3 is 0 Å². The number of nitrogens with zero attached hydrogens (tertiary/aromatic N) is 2. The molecule has 0 heterocycles. The summed E-state index contributed by atoms with van der Waals surface area (Å²) in [5.41, 5.74) is 1.49. The molecule has 0 aliphatic rings. The van der Waals surface area contributed by atoms with E-state index in [1.54, 1.807) is 43.4 Å². The molecule has 0 bridgehead atoms. The van der Waals surface area contributed by atoms with Crippen LogP contribution >= 0.6 is 0 Å². The first kappa shape index (κ1) is 18.7. The molecular formula is C18H20N2O4S. The molecule has 0 fully saturated rings. The van der Waals surface area contributed by atoms with Gasteiger partial charge in [0.25, 0.3) is 0 Å². The van der Waals surface area contributed by atoms with Gasteiger partial charge in [-0.15, -0.1) is 0 Å². The van der Waals surface area contributed by atoms with Crippen LogP contribution in [0.2, 0.25) is 0 Å². The van der Waals surface area contributed by atoms with Gasteiger partial charge in [-0.3, -0.25) is 13.9 Å². The number of para-hydroxylation sites is 1. The smallest absolute Gasteiger partial charge is 0.247 e. The van der Waals surface area contributed by atoms with Gasteiger partial charge in [0.05, 0.1) is 11.9 Å². The van der Waals surface area contributed by atoms with Gasteiger partial charge in [0.1, 0.15) is 6.54 Å². The second-order valence-corrected chi connectivity index (χ2v) is 7.57. The Balaban J connectivity index is 2.27. The molecule has 6 nitrogen and oxygen atoms in total. The van der Waals surface area contributed by atoms with Crippen molar-refractivity contribution in [3.63, 3.8) is 0 Å². The monoisotopic (exact) mass is 360 g/mol. The van der Waals surface area contributed by atoms with Gasteiger partial charge in [-0.1, -0.05) is 18.2 Å². The van der Waals surface area contributed by atoms with E-state index in [1.165, 1.54) is 24.0 Å². The Kier molecular flexibility index (Phi) is 5.58. The largest absolute Gasteiger partial charge is 0.314 e. The number of carbonyl (C=O) groups excluding carboxylic acids is 2. The second-order valence-electron chi connectivity index (χ2n) is 5.66. The lowest BCUT2D eigenvalue weighted by Crippen LogP contribution is -2.41. The maximum atomic E-state index is 12.5. The summed E-state index contributed by atoms with van der Waals surface area (Å²) < 4.78 is 25.3. The highest BCUT2D eigenvalue weighted by Crippen LogP contribution is 2.20. The number of amides is 1. The van der Waals surface area contributed by atoms with Crippen molar-refractivity contribution in [1.82, 2.24) is 0 Å². The van der Waals surface area contributed by atoms with Crippen molar-refractivity contribution in [3.8, 4) is 0 Å². The maximum Gasteiger partial charge on any atom is 0.247 e. The first-order chi connectivity index (χ1) is 11.7. The Labute approximate surface area is 147 Å². The van der Waals surface area contributed by atoms with Crippen molar-refractivity contribution < 1.29 is 18.0 Å². The van der Waals surface area contributed by atoms with Crippen LogP contribution in [0.15, 0.2) is 54.6 Å². The fourth-order valence-electron chi connectivity index (χ4n) is 2.29. The van der Waals surface area contributed by atoms with E-state index < -0.39 is 10.0 Å². The topological polar surface area (TPSA) is 74.8 Å². The second kappa shape index (κ2) is 7.48. The predicted molar refractivity (Wildman–Crippen MR) is 98.5 cm³/mol. The van der Waals surface area contributed by atoms with Crippen LogP contribution in [-0.4, -0.2) is 40.0 Å². The number of benzene rings is 2. The first-order valence-electron chi connectivity index (χ1n) is 7.60. The van der Waals surface area contributed by atoms with E-state index in [-0.39, 0.29) is 18.2 Å². The van der Waals surface area contributed by atoms with Gasteiger partial charge in [0.2, 0.25) is 15.9 Å². The van der Waals surface area contributed by atoms with Crippen molar-refractivity contribution in [3.05, 3.63) is 60.2 Å². The minimum absolute atomic E-state index is 0.114. The third-order valence-electron chi connectivity index (χ3n) is 3.76. The third-order valence-corrected chi connectivity index (χ3v) is 4.90. The zero-order chi connectivity index (χ0) is 18.6. The number of ketones is 1. The van der Waals surface area contributed by atoms with Crippen LogP contribution in [0.4, 0.5) is 11.4 Å². The van der Waals surface area contributed by atoms with Crippen LogP contribution in [-0.2, 0) is 14.8 Å². The van der Waals surface area contributed by atoms with Gasteiger partial charge in [-0.2, -0.15) is 0 Å². The molecule has 0 spiro atoms. The number of hydrogen-bond donors (Lipinski definition) is 0. The van der Waals surface area contributed by atoms with Gasteiger partial charge in [-0.05, 0) is 43.3 Å². The van der Waals surface area contributed by atoms with E-state index in [9.17, 15) is 18.0 Å². The van der Waals surface area contributed by atoms with Crippen molar-refractivity contribution in [2.45, 2.75) is 6.92 Å².